The number of aryl methyl sites for hydroxylation is 1. The molecule has 0 spiro atoms. The number of hydrogen-bond acceptors (Lipinski definition) is 2. The van der Waals surface area contributed by atoms with Gasteiger partial charge in [0.1, 0.15) is 5.75 Å². The molecule has 1 rings (SSSR count). The number of phenols is 1. The minimum Gasteiger partial charge on any atom is -0.507 e. The number of benzene rings is 1. The maximum Gasteiger partial charge on any atom is 0.153 e. The van der Waals surface area contributed by atoms with Gasteiger partial charge in [-0.15, -0.1) is 6.58 Å². The highest BCUT2D eigenvalue weighted by Gasteiger charge is 2.12. The SMILES string of the molecule is C=CC(C)c1cc(CC)cc(C=O)c1O. The Morgan fingerprint density at radius 2 is 2.20 bits per heavy atom. The van der Waals surface area contributed by atoms with Gasteiger partial charge in [0.05, 0.1) is 5.56 Å². The second-order valence-electron chi connectivity index (χ2n) is 3.62. The van der Waals surface area contributed by atoms with E-state index in [1.807, 2.05) is 19.9 Å². The molecule has 0 fully saturated rings. The van der Waals surface area contributed by atoms with E-state index < -0.39 is 0 Å². The van der Waals surface area contributed by atoms with Gasteiger partial charge in [0.25, 0.3) is 0 Å². The Balaban J connectivity index is 3.35. The van der Waals surface area contributed by atoms with Gasteiger partial charge in [-0.25, -0.2) is 0 Å². The van der Waals surface area contributed by atoms with Gasteiger partial charge in [-0.1, -0.05) is 26.0 Å². The van der Waals surface area contributed by atoms with Crippen molar-refractivity contribution < 1.29 is 9.90 Å². The van der Waals surface area contributed by atoms with Crippen LogP contribution in [0.1, 0.15) is 41.3 Å². The fraction of sp³-hybridized carbons (Fsp3) is 0.308. The monoisotopic (exact) mass is 204 g/mol. The molecule has 1 atom stereocenters. The van der Waals surface area contributed by atoms with E-state index in [0.717, 1.165) is 17.5 Å². The molecule has 0 heterocycles. The van der Waals surface area contributed by atoms with Crippen LogP contribution in [0.25, 0.3) is 0 Å². The maximum atomic E-state index is 10.8. The summed E-state index contributed by atoms with van der Waals surface area (Å²) >= 11 is 0. The van der Waals surface area contributed by atoms with Crippen molar-refractivity contribution in [2.24, 2.45) is 0 Å². The van der Waals surface area contributed by atoms with E-state index in [1.165, 1.54) is 0 Å². The number of phenolic OH excluding ortho intramolecular Hbond substituents is 1. The van der Waals surface area contributed by atoms with Crippen molar-refractivity contribution >= 4 is 6.29 Å². The first-order chi connectivity index (χ1) is 7.13. The largest absolute Gasteiger partial charge is 0.507 e. The van der Waals surface area contributed by atoms with Crippen LogP contribution in [0.15, 0.2) is 24.8 Å². The molecule has 1 N–H and O–H groups in total. The Kier molecular flexibility index (Phi) is 3.67. The van der Waals surface area contributed by atoms with Gasteiger partial charge in [0.15, 0.2) is 6.29 Å². The molecule has 0 bridgehead atoms. The zero-order chi connectivity index (χ0) is 11.4. The summed E-state index contributed by atoms with van der Waals surface area (Å²) in [6.07, 6.45) is 3.29. The van der Waals surface area contributed by atoms with Crippen LogP contribution >= 0.6 is 0 Å². The third-order valence-corrected chi connectivity index (χ3v) is 2.61. The fourth-order valence-corrected chi connectivity index (χ4v) is 1.51. The lowest BCUT2D eigenvalue weighted by molar-refractivity contribution is 0.112. The number of aldehydes is 1. The summed E-state index contributed by atoms with van der Waals surface area (Å²) in [5.74, 6) is 0.129. The zero-order valence-electron chi connectivity index (χ0n) is 9.16. The molecule has 2 nitrogen and oxygen atoms in total. The van der Waals surface area contributed by atoms with Crippen LogP contribution in [0.2, 0.25) is 0 Å². The quantitative estimate of drug-likeness (QED) is 0.604. The minimum absolute atomic E-state index is 0.0511. The molecule has 0 aromatic heterocycles. The normalized spacial score (nSPS) is 12.1. The van der Waals surface area contributed by atoms with E-state index in [2.05, 4.69) is 6.58 Å². The molecular formula is C13H16O2. The van der Waals surface area contributed by atoms with Crippen molar-refractivity contribution in [1.82, 2.24) is 0 Å². The highest BCUT2D eigenvalue weighted by atomic mass is 16.3. The second kappa shape index (κ2) is 4.78. The van der Waals surface area contributed by atoms with Crippen LogP contribution in [-0.4, -0.2) is 11.4 Å². The van der Waals surface area contributed by atoms with Crippen LogP contribution in [0.4, 0.5) is 0 Å². The first kappa shape index (κ1) is 11.5. The molecule has 0 saturated heterocycles. The van der Waals surface area contributed by atoms with E-state index in [9.17, 15) is 9.90 Å². The average Bonchev–Trinajstić information content (AvgIpc) is 2.28. The van der Waals surface area contributed by atoms with Crippen LogP contribution in [0.3, 0.4) is 0 Å². The molecule has 2 heteroatoms. The number of hydrogen-bond donors (Lipinski definition) is 1. The second-order valence-corrected chi connectivity index (χ2v) is 3.62. The Labute approximate surface area is 90.3 Å². The standard InChI is InChI=1S/C13H16O2/c1-4-9(3)12-7-10(5-2)6-11(8-14)13(12)15/h4,6-9,15H,1,5H2,2-3H3. The van der Waals surface area contributed by atoms with Crippen molar-refractivity contribution in [2.75, 3.05) is 0 Å². The summed E-state index contributed by atoms with van der Waals surface area (Å²) in [6, 6.07) is 3.65. The summed E-state index contributed by atoms with van der Waals surface area (Å²) in [5.41, 5.74) is 2.18. The molecule has 15 heavy (non-hydrogen) atoms. The lowest BCUT2D eigenvalue weighted by Gasteiger charge is -2.12. The summed E-state index contributed by atoms with van der Waals surface area (Å²) in [5, 5.41) is 9.83. The Morgan fingerprint density at radius 3 is 2.67 bits per heavy atom. The highest BCUT2D eigenvalue weighted by Crippen LogP contribution is 2.30. The Hall–Kier alpha value is -1.57. The molecule has 0 aliphatic heterocycles. The molecule has 0 aliphatic carbocycles. The first-order valence-corrected chi connectivity index (χ1v) is 5.07. The predicted molar refractivity (Wildman–Crippen MR) is 61.5 cm³/mol. The summed E-state index contributed by atoms with van der Waals surface area (Å²) in [6.45, 7) is 7.65. The van der Waals surface area contributed by atoms with E-state index in [1.54, 1.807) is 12.1 Å². The Bertz CT molecular complexity index is 380. The van der Waals surface area contributed by atoms with Crippen molar-refractivity contribution in [2.45, 2.75) is 26.2 Å². The molecule has 1 aromatic rings. The summed E-state index contributed by atoms with van der Waals surface area (Å²) in [7, 11) is 0. The first-order valence-electron chi connectivity index (χ1n) is 5.07. The van der Waals surface area contributed by atoms with Gasteiger partial charge in [0, 0.05) is 11.5 Å². The molecule has 0 amide bonds. The van der Waals surface area contributed by atoms with E-state index in [4.69, 9.17) is 0 Å². The van der Waals surface area contributed by atoms with Gasteiger partial charge in [-0.05, 0) is 18.1 Å². The van der Waals surface area contributed by atoms with E-state index in [-0.39, 0.29) is 11.7 Å². The van der Waals surface area contributed by atoms with Crippen molar-refractivity contribution in [3.63, 3.8) is 0 Å². The smallest absolute Gasteiger partial charge is 0.153 e. The molecule has 1 aromatic carbocycles. The van der Waals surface area contributed by atoms with Crippen LogP contribution in [0.5, 0.6) is 5.75 Å². The number of allylic oxidation sites excluding steroid dienone is 1. The molecule has 1 unspecified atom stereocenters. The van der Waals surface area contributed by atoms with Gasteiger partial charge < -0.3 is 5.11 Å². The molecular weight excluding hydrogens is 188 g/mol. The number of rotatable bonds is 4. The van der Waals surface area contributed by atoms with Crippen molar-refractivity contribution in [3.05, 3.63) is 41.5 Å². The van der Waals surface area contributed by atoms with Crippen molar-refractivity contribution in [1.29, 1.82) is 0 Å². The lowest BCUT2D eigenvalue weighted by atomic mass is 9.94. The number of carbonyl (C=O) groups excluding carboxylic acids is 1. The van der Waals surface area contributed by atoms with Gasteiger partial charge in [0.2, 0.25) is 0 Å². The van der Waals surface area contributed by atoms with Crippen LogP contribution in [-0.2, 0) is 6.42 Å². The Morgan fingerprint density at radius 1 is 1.53 bits per heavy atom. The van der Waals surface area contributed by atoms with Crippen LogP contribution in [0, 0.1) is 0 Å². The lowest BCUT2D eigenvalue weighted by Crippen LogP contribution is -1.96. The summed E-state index contributed by atoms with van der Waals surface area (Å²) in [4.78, 5) is 10.8. The maximum absolute atomic E-state index is 10.8. The highest BCUT2D eigenvalue weighted by molar-refractivity contribution is 5.80. The number of carbonyl (C=O) groups is 1. The van der Waals surface area contributed by atoms with Gasteiger partial charge >= 0.3 is 0 Å². The minimum atomic E-state index is 0.0511. The molecule has 0 aliphatic rings. The average molecular weight is 204 g/mol. The third kappa shape index (κ3) is 2.27. The van der Waals surface area contributed by atoms with Gasteiger partial charge in [-0.3, -0.25) is 4.79 Å². The predicted octanol–water partition coefficient (Wildman–Crippen LogP) is 3.06. The van der Waals surface area contributed by atoms with E-state index in [0.29, 0.717) is 11.8 Å². The molecule has 80 valence electrons. The molecule has 0 saturated carbocycles. The topological polar surface area (TPSA) is 37.3 Å². The zero-order valence-corrected chi connectivity index (χ0v) is 9.16. The van der Waals surface area contributed by atoms with Gasteiger partial charge in [-0.2, -0.15) is 0 Å². The molecule has 0 radical (unpaired) electrons. The van der Waals surface area contributed by atoms with Crippen molar-refractivity contribution in [3.8, 4) is 5.75 Å². The third-order valence-electron chi connectivity index (χ3n) is 2.61. The van der Waals surface area contributed by atoms with Crippen LogP contribution < -0.4 is 0 Å². The van der Waals surface area contributed by atoms with E-state index >= 15 is 0 Å². The fourth-order valence-electron chi connectivity index (χ4n) is 1.51. The summed E-state index contributed by atoms with van der Waals surface area (Å²) < 4.78 is 0. The number of aromatic hydroxyl groups is 1.